The molecule has 0 saturated heterocycles. The molecule has 23 heavy (non-hydrogen) atoms. The molecule has 6 nitrogen and oxygen atoms in total. The summed E-state index contributed by atoms with van der Waals surface area (Å²) in [5, 5.41) is 16.0. The zero-order valence-corrected chi connectivity index (χ0v) is 13.7. The average Bonchev–Trinajstić information content (AvgIpc) is 2.86. The maximum atomic E-state index is 12.4. The van der Waals surface area contributed by atoms with Crippen LogP contribution in [0.3, 0.4) is 0 Å². The van der Waals surface area contributed by atoms with Crippen molar-refractivity contribution in [3.8, 4) is 5.69 Å². The summed E-state index contributed by atoms with van der Waals surface area (Å²) < 4.78 is 1.69. The van der Waals surface area contributed by atoms with E-state index in [9.17, 15) is 14.7 Å². The van der Waals surface area contributed by atoms with E-state index in [1.165, 1.54) is 6.20 Å². The van der Waals surface area contributed by atoms with E-state index in [-0.39, 0.29) is 5.92 Å². The zero-order valence-electron chi connectivity index (χ0n) is 13.7. The van der Waals surface area contributed by atoms with E-state index in [0.717, 1.165) is 11.3 Å². The van der Waals surface area contributed by atoms with Gasteiger partial charge in [-0.2, -0.15) is 5.10 Å². The molecule has 1 heterocycles. The second kappa shape index (κ2) is 6.64. The predicted molar refractivity (Wildman–Crippen MR) is 86.8 cm³/mol. The van der Waals surface area contributed by atoms with Gasteiger partial charge in [-0.15, -0.1) is 0 Å². The lowest BCUT2D eigenvalue weighted by atomic mass is 10.0. The highest BCUT2D eigenvalue weighted by Gasteiger charge is 2.25. The molecular weight excluding hydrogens is 294 g/mol. The van der Waals surface area contributed by atoms with Gasteiger partial charge < -0.3 is 10.4 Å². The summed E-state index contributed by atoms with van der Waals surface area (Å²) in [6.45, 7) is 7.26. The highest BCUT2D eigenvalue weighted by molar-refractivity contribution is 5.97. The van der Waals surface area contributed by atoms with Crippen molar-refractivity contribution >= 4 is 11.9 Å². The maximum Gasteiger partial charge on any atom is 0.326 e. The van der Waals surface area contributed by atoms with Gasteiger partial charge in [0.1, 0.15) is 6.04 Å². The summed E-state index contributed by atoms with van der Waals surface area (Å²) in [6.07, 6.45) is 1.47. The molecule has 0 spiro atoms. The number of hydrogen-bond acceptors (Lipinski definition) is 3. The summed E-state index contributed by atoms with van der Waals surface area (Å²) >= 11 is 0. The van der Waals surface area contributed by atoms with Gasteiger partial charge in [0, 0.05) is 0 Å². The van der Waals surface area contributed by atoms with E-state index in [4.69, 9.17) is 0 Å². The van der Waals surface area contributed by atoms with Crippen molar-refractivity contribution < 1.29 is 14.7 Å². The molecule has 1 amide bonds. The largest absolute Gasteiger partial charge is 0.480 e. The van der Waals surface area contributed by atoms with E-state index in [1.807, 2.05) is 31.2 Å². The van der Waals surface area contributed by atoms with Crippen LogP contribution in [0.15, 0.2) is 30.5 Å². The molecule has 122 valence electrons. The average molecular weight is 315 g/mol. The minimum Gasteiger partial charge on any atom is -0.480 e. The summed E-state index contributed by atoms with van der Waals surface area (Å²) in [6, 6.07) is 6.80. The minimum atomic E-state index is -1.04. The van der Waals surface area contributed by atoms with Gasteiger partial charge in [0.25, 0.3) is 5.91 Å². The summed E-state index contributed by atoms with van der Waals surface area (Å²) in [5.74, 6) is -1.68. The Labute approximate surface area is 135 Å². The van der Waals surface area contributed by atoms with Crippen LogP contribution in [0.1, 0.15) is 35.5 Å². The third kappa shape index (κ3) is 3.41. The molecule has 0 saturated carbocycles. The highest BCUT2D eigenvalue weighted by Crippen LogP contribution is 2.17. The van der Waals surface area contributed by atoms with Gasteiger partial charge in [-0.25, -0.2) is 9.48 Å². The SMILES string of the molecule is Cc1ccccc1-n1ncc(C(=O)N[C@@H](C(=O)O)C(C)C)c1C. The van der Waals surface area contributed by atoms with Crippen LogP contribution in [-0.4, -0.2) is 32.8 Å². The Morgan fingerprint density at radius 1 is 1.22 bits per heavy atom. The lowest BCUT2D eigenvalue weighted by molar-refractivity contribution is -0.140. The summed E-state index contributed by atoms with van der Waals surface area (Å²) in [5.41, 5.74) is 2.98. The van der Waals surface area contributed by atoms with E-state index in [2.05, 4.69) is 10.4 Å². The van der Waals surface area contributed by atoms with Crippen molar-refractivity contribution in [1.29, 1.82) is 0 Å². The molecule has 6 heteroatoms. The Morgan fingerprint density at radius 2 is 1.87 bits per heavy atom. The van der Waals surface area contributed by atoms with Crippen molar-refractivity contribution in [2.45, 2.75) is 33.7 Å². The number of rotatable bonds is 5. The molecular formula is C17H21N3O3. The van der Waals surface area contributed by atoms with E-state index in [0.29, 0.717) is 11.3 Å². The van der Waals surface area contributed by atoms with Crippen LogP contribution in [0.4, 0.5) is 0 Å². The quantitative estimate of drug-likeness (QED) is 0.887. The van der Waals surface area contributed by atoms with E-state index in [1.54, 1.807) is 25.5 Å². The van der Waals surface area contributed by atoms with Crippen LogP contribution in [0.25, 0.3) is 5.69 Å². The van der Waals surface area contributed by atoms with Gasteiger partial charge in [0.2, 0.25) is 0 Å². The molecule has 2 aromatic rings. The number of aliphatic carboxylic acids is 1. The fourth-order valence-corrected chi connectivity index (χ4v) is 2.41. The van der Waals surface area contributed by atoms with Gasteiger partial charge in [-0.3, -0.25) is 4.79 Å². The van der Waals surface area contributed by atoms with Gasteiger partial charge >= 0.3 is 5.97 Å². The number of para-hydroxylation sites is 1. The number of carboxylic acids is 1. The maximum absolute atomic E-state index is 12.4. The Hall–Kier alpha value is -2.63. The molecule has 0 fully saturated rings. The van der Waals surface area contributed by atoms with Crippen molar-refractivity contribution in [3.63, 3.8) is 0 Å². The van der Waals surface area contributed by atoms with Crippen LogP contribution in [-0.2, 0) is 4.79 Å². The number of benzene rings is 1. The number of amides is 1. The van der Waals surface area contributed by atoms with Crippen molar-refractivity contribution in [2.24, 2.45) is 5.92 Å². The second-order valence-electron chi connectivity index (χ2n) is 5.88. The number of carboxylic acid groups (broad SMARTS) is 1. The number of aromatic nitrogens is 2. The van der Waals surface area contributed by atoms with Gasteiger partial charge in [0.05, 0.1) is 23.1 Å². The third-order valence-corrected chi connectivity index (χ3v) is 3.82. The first kappa shape index (κ1) is 16.7. The fourth-order valence-electron chi connectivity index (χ4n) is 2.41. The first-order valence-electron chi connectivity index (χ1n) is 7.47. The van der Waals surface area contributed by atoms with Gasteiger partial charge in [-0.1, -0.05) is 32.0 Å². The molecule has 2 rings (SSSR count). The lowest BCUT2D eigenvalue weighted by Crippen LogP contribution is -2.44. The van der Waals surface area contributed by atoms with Crippen LogP contribution >= 0.6 is 0 Å². The molecule has 1 atom stereocenters. The second-order valence-corrected chi connectivity index (χ2v) is 5.88. The Kier molecular flexibility index (Phi) is 4.83. The smallest absolute Gasteiger partial charge is 0.326 e. The van der Waals surface area contributed by atoms with Crippen molar-refractivity contribution in [2.75, 3.05) is 0 Å². The molecule has 0 radical (unpaired) electrons. The first-order chi connectivity index (χ1) is 10.8. The molecule has 1 aromatic carbocycles. The normalized spacial score (nSPS) is 12.2. The monoisotopic (exact) mass is 315 g/mol. The van der Waals surface area contributed by atoms with Crippen LogP contribution < -0.4 is 5.32 Å². The third-order valence-electron chi connectivity index (χ3n) is 3.82. The number of carbonyl (C=O) groups excluding carboxylic acids is 1. The fraction of sp³-hybridized carbons (Fsp3) is 0.353. The van der Waals surface area contributed by atoms with Crippen molar-refractivity contribution in [3.05, 3.63) is 47.3 Å². The molecule has 0 bridgehead atoms. The Bertz CT molecular complexity index is 734. The number of nitrogens with zero attached hydrogens (tertiary/aromatic N) is 2. The van der Waals surface area contributed by atoms with E-state index < -0.39 is 17.9 Å². The Morgan fingerprint density at radius 3 is 2.43 bits per heavy atom. The molecule has 2 N–H and O–H groups in total. The molecule has 0 aliphatic carbocycles. The topological polar surface area (TPSA) is 84.2 Å². The number of hydrogen-bond donors (Lipinski definition) is 2. The lowest BCUT2D eigenvalue weighted by Gasteiger charge is -2.17. The standard InChI is InChI=1S/C17H21N3O3/c1-10(2)15(17(22)23)19-16(21)13-9-18-20(12(13)4)14-8-6-5-7-11(14)3/h5-10,15H,1-4H3,(H,19,21)(H,22,23)/t15-/m1/s1. The minimum absolute atomic E-state index is 0.205. The van der Waals surface area contributed by atoms with Gasteiger partial charge in [0.15, 0.2) is 0 Å². The van der Waals surface area contributed by atoms with E-state index >= 15 is 0 Å². The van der Waals surface area contributed by atoms with Gasteiger partial charge in [-0.05, 0) is 31.4 Å². The predicted octanol–water partition coefficient (Wildman–Crippen LogP) is 2.33. The zero-order chi connectivity index (χ0) is 17.1. The van der Waals surface area contributed by atoms with Crippen LogP contribution in [0.2, 0.25) is 0 Å². The summed E-state index contributed by atoms with van der Waals surface area (Å²) in [4.78, 5) is 23.6. The molecule has 0 aliphatic rings. The number of carbonyl (C=O) groups is 2. The van der Waals surface area contributed by atoms with Crippen LogP contribution in [0.5, 0.6) is 0 Å². The molecule has 0 aliphatic heterocycles. The highest BCUT2D eigenvalue weighted by atomic mass is 16.4. The summed E-state index contributed by atoms with van der Waals surface area (Å²) in [7, 11) is 0. The van der Waals surface area contributed by atoms with Crippen LogP contribution in [0, 0.1) is 19.8 Å². The molecule has 0 unspecified atom stereocenters. The Balaban J connectivity index is 2.31. The number of nitrogens with one attached hydrogen (secondary N) is 1. The van der Waals surface area contributed by atoms with Crippen molar-refractivity contribution in [1.82, 2.24) is 15.1 Å². The molecule has 1 aromatic heterocycles. The first-order valence-corrected chi connectivity index (χ1v) is 7.47. The number of aryl methyl sites for hydroxylation is 1.